The third kappa shape index (κ3) is 3.18. The zero-order valence-electron chi connectivity index (χ0n) is 13.1. The van der Waals surface area contributed by atoms with Crippen molar-refractivity contribution in [3.63, 3.8) is 0 Å². The van der Waals surface area contributed by atoms with Gasteiger partial charge in [0.25, 0.3) is 5.91 Å². The number of likely N-dealkylation sites (N-methyl/N-ethyl adjacent to an activating group) is 1. The number of ether oxygens (including phenoxy) is 1. The fourth-order valence-electron chi connectivity index (χ4n) is 2.45. The van der Waals surface area contributed by atoms with Crippen molar-refractivity contribution in [2.45, 2.75) is 19.4 Å². The number of nitrogens with one attached hydrogen (secondary N) is 1. The summed E-state index contributed by atoms with van der Waals surface area (Å²) in [6.07, 6.45) is -0.247. The highest BCUT2D eigenvalue weighted by atomic mass is 16.5. The molecule has 5 nitrogen and oxygen atoms in total. The number of benzene rings is 2. The van der Waals surface area contributed by atoms with Gasteiger partial charge in [0.15, 0.2) is 6.10 Å². The van der Waals surface area contributed by atoms with Crippen molar-refractivity contribution < 1.29 is 14.3 Å². The Bertz CT molecular complexity index is 743. The Morgan fingerprint density at radius 2 is 1.96 bits per heavy atom. The molecule has 0 spiro atoms. The van der Waals surface area contributed by atoms with E-state index in [1.807, 2.05) is 36.4 Å². The summed E-state index contributed by atoms with van der Waals surface area (Å²) in [5, 5.41) is 2.80. The summed E-state index contributed by atoms with van der Waals surface area (Å²) in [4.78, 5) is 25.7. The Morgan fingerprint density at radius 1 is 1.22 bits per heavy atom. The van der Waals surface area contributed by atoms with Gasteiger partial charge in [-0.25, -0.2) is 0 Å². The largest absolute Gasteiger partial charge is 0.479 e. The van der Waals surface area contributed by atoms with Crippen LogP contribution in [0.5, 0.6) is 5.75 Å². The molecule has 0 aliphatic carbocycles. The van der Waals surface area contributed by atoms with Gasteiger partial charge >= 0.3 is 0 Å². The molecule has 1 aliphatic heterocycles. The quantitative estimate of drug-likeness (QED) is 0.948. The van der Waals surface area contributed by atoms with Crippen LogP contribution in [0.15, 0.2) is 48.5 Å². The number of hydrogen-bond acceptors (Lipinski definition) is 3. The summed E-state index contributed by atoms with van der Waals surface area (Å²) >= 11 is 0. The molecule has 5 heteroatoms. The first kappa shape index (κ1) is 15.1. The van der Waals surface area contributed by atoms with E-state index in [0.717, 1.165) is 11.3 Å². The predicted molar refractivity (Wildman–Crippen MR) is 88.7 cm³/mol. The molecule has 118 valence electrons. The molecule has 1 N–H and O–H groups in total. The van der Waals surface area contributed by atoms with E-state index in [1.165, 1.54) is 0 Å². The average molecular weight is 310 g/mol. The Hall–Kier alpha value is -2.82. The maximum absolute atomic E-state index is 12.4. The van der Waals surface area contributed by atoms with Crippen LogP contribution in [0, 0.1) is 0 Å². The second-order valence-corrected chi connectivity index (χ2v) is 5.54. The molecule has 1 unspecified atom stereocenters. The molecule has 0 fully saturated rings. The van der Waals surface area contributed by atoms with Crippen LogP contribution in [0.25, 0.3) is 0 Å². The predicted octanol–water partition coefficient (Wildman–Crippen LogP) is 2.61. The Labute approximate surface area is 134 Å². The fraction of sp³-hybridized carbons (Fsp3) is 0.222. The van der Waals surface area contributed by atoms with E-state index < -0.39 is 6.10 Å². The number of carbonyl (C=O) groups is 2. The highest BCUT2D eigenvalue weighted by Crippen LogP contribution is 2.30. The topological polar surface area (TPSA) is 58.6 Å². The maximum atomic E-state index is 12.4. The Kier molecular flexibility index (Phi) is 4.02. The van der Waals surface area contributed by atoms with Gasteiger partial charge in [0, 0.05) is 12.7 Å². The molecule has 1 aliphatic rings. The van der Waals surface area contributed by atoms with Crippen molar-refractivity contribution in [1.29, 1.82) is 0 Å². The summed E-state index contributed by atoms with van der Waals surface area (Å²) < 4.78 is 5.51. The zero-order valence-corrected chi connectivity index (χ0v) is 13.1. The summed E-state index contributed by atoms with van der Waals surface area (Å²) in [6, 6.07) is 14.9. The fourth-order valence-corrected chi connectivity index (χ4v) is 2.45. The van der Waals surface area contributed by atoms with Crippen LogP contribution >= 0.6 is 0 Å². The first-order valence-electron chi connectivity index (χ1n) is 7.46. The van der Waals surface area contributed by atoms with Gasteiger partial charge in [-0.2, -0.15) is 0 Å². The van der Waals surface area contributed by atoms with Gasteiger partial charge in [0.05, 0.1) is 12.1 Å². The lowest BCUT2D eigenvalue weighted by Crippen LogP contribution is -2.34. The second kappa shape index (κ2) is 6.12. The lowest BCUT2D eigenvalue weighted by Gasteiger charge is -2.24. The van der Waals surface area contributed by atoms with Gasteiger partial charge < -0.3 is 15.0 Å². The normalized spacial score (nSPS) is 16.1. The van der Waals surface area contributed by atoms with Crippen molar-refractivity contribution in [3.8, 4) is 5.75 Å². The molecule has 1 heterocycles. The Balaban J connectivity index is 1.75. The number of para-hydroxylation sites is 1. The summed E-state index contributed by atoms with van der Waals surface area (Å²) in [6.45, 7) is 1.70. The molecule has 0 aromatic heterocycles. The van der Waals surface area contributed by atoms with Crippen molar-refractivity contribution in [2.75, 3.05) is 17.3 Å². The number of amides is 2. The van der Waals surface area contributed by atoms with Crippen LogP contribution in [-0.2, 0) is 16.0 Å². The molecular formula is C18H18N2O3. The van der Waals surface area contributed by atoms with Crippen LogP contribution in [0.1, 0.15) is 12.5 Å². The molecular weight excluding hydrogens is 292 g/mol. The number of nitrogens with zero attached hydrogens (tertiary/aromatic N) is 1. The number of hydrogen-bond donors (Lipinski definition) is 1. The summed E-state index contributed by atoms with van der Waals surface area (Å²) in [5.41, 5.74) is 2.29. The molecule has 3 rings (SSSR count). The monoisotopic (exact) mass is 310 g/mol. The number of carbonyl (C=O) groups excluding carboxylic acids is 2. The lowest BCUT2D eigenvalue weighted by atomic mass is 10.1. The number of fused-ring (bicyclic) bond motifs is 1. The minimum atomic E-state index is -0.501. The molecule has 23 heavy (non-hydrogen) atoms. The van der Waals surface area contributed by atoms with E-state index >= 15 is 0 Å². The van der Waals surface area contributed by atoms with Gasteiger partial charge in [-0.3, -0.25) is 9.59 Å². The number of rotatable bonds is 3. The standard InChI is InChI=1S/C18H18N2O3/c1-12-18(22)19-15-10-13(8-9-16(15)23-12)11-17(21)20(2)14-6-4-3-5-7-14/h3-10,12H,11H2,1-2H3,(H,19,22). The van der Waals surface area contributed by atoms with Crippen LogP contribution in [0.4, 0.5) is 11.4 Å². The van der Waals surface area contributed by atoms with Crippen LogP contribution in [0.3, 0.4) is 0 Å². The minimum Gasteiger partial charge on any atom is -0.479 e. The SMILES string of the molecule is CC1Oc2ccc(CC(=O)N(C)c3ccccc3)cc2NC1=O. The number of anilines is 2. The van der Waals surface area contributed by atoms with Crippen LogP contribution < -0.4 is 15.0 Å². The molecule has 2 amide bonds. The first-order valence-corrected chi connectivity index (χ1v) is 7.46. The lowest BCUT2D eigenvalue weighted by molar-refractivity contribution is -0.122. The van der Waals surface area contributed by atoms with Crippen molar-refractivity contribution in [3.05, 3.63) is 54.1 Å². The minimum absolute atomic E-state index is 0.0208. The Morgan fingerprint density at radius 3 is 2.70 bits per heavy atom. The van der Waals surface area contributed by atoms with Crippen molar-refractivity contribution >= 4 is 23.2 Å². The molecule has 0 saturated carbocycles. The van der Waals surface area contributed by atoms with E-state index in [9.17, 15) is 9.59 Å². The van der Waals surface area contributed by atoms with E-state index in [4.69, 9.17) is 4.74 Å². The van der Waals surface area contributed by atoms with Gasteiger partial charge in [0.2, 0.25) is 5.91 Å². The van der Waals surface area contributed by atoms with Gasteiger partial charge in [-0.05, 0) is 36.8 Å². The molecule has 1 atom stereocenters. The third-order valence-corrected chi connectivity index (χ3v) is 3.85. The van der Waals surface area contributed by atoms with Crippen molar-refractivity contribution in [2.24, 2.45) is 0 Å². The van der Waals surface area contributed by atoms with E-state index in [-0.39, 0.29) is 18.2 Å². The zero-order chi connectivity index (χ0) is 16.4. The van der Waals surface area contributed by atoms with Gasteiger partial charge in [0.1, 0.15) is 5.75 Å². The molecule has 2 aromatic rings. The summed E-state index contributed by atoms with van der Waals surface area (Å²) in [7, 11) is 1.75. The highest BCUT2D eigenvalue weighted by Gasteiger charge is 2.23. The molecule has 0 radical (unpaired) electrons. The van der Waals surface area contributed by atoms with E-state index in [2.05, 4.69) is 5.32 Å². The average Bonchev–Trinajstić information content (AvgIpc) is 2.56. The van der Waals surface area contributed by atoms with Gasteiger partial charge in [-0.1, -0.05) is 24.3 Å². The van der Waals surface area contributed by atoms with Crippen LogP contribution in [-0.4, -0.2) is 25.0 Å². The summed E-state index contributed by atoms with van der Waals surface area (Å²) in [5.74, 6) is 0.430. The molecule has 0 bridgehead atoms. The molecule has 2 aromatic carbocycles. The van der Waals surface area contributed by atoms with E-state index in [0.29, 0.717) is 11.4 Å². The maximum Gasteiger partial charge on any atom is 0.265 e. The first-order chi connectivity index (χ1) is 11.0. The smallest absolute Gasteiger partial charge is 0.265 e. The molecule has 0 saturated heterocycles. The third-order valence-electron chi connectivity index (χ3n) is 3.85. The van der Waals surface area contributed by atoms with Crippen LogP contribution in [0.2, 0.25) is 0 Å². The van der Waals surface area contributed by atoms with Gasteiger partial charge in [-0.15, -0.1) is 0 Å². The highest BCUT2D eigenvalue weighted by molar-refractivity contribution is 5.98. The van der Waals surface area contributed by atoms with Crippen molar-refractivity contribution in [1.82, 2.24) is 0 Å². The van der Waals surface area contributed by atoms with E-state index in [1.54, 1.807) is 31.0 Å². The second-order valence-electron chi connectivity index (χ2n) is 5.54.